The molecule has 0 aliphatic carbocycles. The van der Waals surface area contributed by atoms with E-state index in [9.17, 15) is 0 Å². The maximum absolute atomic E-state index is 5.46. The second-order valence-electron chi connectivity index (χ2n) is 5.77. The highest BCUT2D eigenvalue weighted by Gasteiger charge is 2.35. The smallest absolute Gasteiger partial charge is 0.228 e. The Morgan fingerprint density at radius 3 is 2.70 bits per heavy atom. The zero-order chi connectivity index (χ0) is 13.9. The molecule has 0 amide bonds. The third-order valence-electron chi connectivity index (χ3n) is 4.47. The highest BCUT2D eigenvalue weighted by Crippen LogP contribution is 2.26. The molecule has 3 saturated heterocycles. The van der Waals surface area contributed by atoms with E-state index in [1.807, 2.05) is 0 Å². The topological polar surface area (TPSA) is 57.4 Å². The van der Waals surface area contributed by atoms with Crippen LogP contribution in [0.1, 0.15) is 38.0 Å². The van der Waals surface area contributed by atoms with Crippen LogP contribution in [-0.2, 0) is 6.42 Å². The van der Waals surface area contributed by atoms with Gasteiger partial charge in [0.25, 0.3) is 0 Å². The van der Waals surface area contributed by atoms with Crippen LogP contribution in [0.25, 0.3) is 0 Å². The third-order valence-corrected chi connectivity index (χ3v) is 4.47. The van der Waals surface area contributed by atoms with Crippen LogP contribution >= 0.6 is 0 Å². The molecule has 112 valence electrons. The molecule has 0 saturated carbocycles. The summed E-state index contributed by atoms with van der Waals surface area (Å²) in [5.74, 6) is 1.64. The van der Waals surface area contributed by atoms with Gasteiger partial charge in [0.15, 0.2) is 5.82 Å². The van der Waals surface area contributed by atoms with Crippen molar-refractivity contribution < 1.29 is 4.52 Å². The second kappa shape index (κ2) is 6.20. The van der Waals surface area contributed by atoms with Crippen LogP contribution in [0.5, 0.6) is 0 Å². The summed E-state index contributed by atoms with van der Waals surface area (Å²) in [6, 6.07) is 0.759. The molecule has 3 aliphatic rings. The van der Waals surface area contributed by atoms with Crippen molar-refractivity contribution in [2.24, 2.45) is 0 Å². The van der Waals surface area contributed by atoms with Gasteiger partial charge in [-0.05, 0) is 13.0 Å². The van der Waals surface area contributed by atoms with Crippen LogP contribution in [0.15, 0.2) is 4.52 Å². The van der Waals surface area contributed by atoms with Gasteiger partial charge in [-0.3, -0.25) is 9.80 Å². The molecule has 2 bridgehead atoms. The van der Waals surface area contributed by atoms with E-state index in [0.717, 1.165) is 50.7 Å². The molecule has 1 aromatic heterocycles. The lowest BCUT2D eigenvalue weighted by Crippen LogP contribution is -2.57. The van der Waals surface area contributed by atoms with Crippen molar-refractivity contribution >= 4 is 0 Å². The molecule has 20 heavy (non-hydrogen) atoms. The molecule has 3 aliphatic heterocycles. The van der Waals surface area contributed by atoms with Gasteiger partial charge in [0.2, 0.25) is 5.89 Å². The Bertz CT molecular complexity index is 427. The van der Waals surface area contributed by atoms with Gasteiger partial charge >= 0.3 is 0 Å². The predicted molar refractivity (Wildman–Crippen MR) is 76.5 cm³/mol. The number of hydrogen-bond donors (Lipinski definition) is 1. The molecule has 4 heterocycles. The summed E-state index contributed by atoms with van der Waals surface area (Å²) in [4.78, 5) is 9.61. The molecule has 2 unspecified atom stereocenters. The molecule has 6 heteroatoms. The highest BCUT2D eigenvalue weighted by atomic mass is 16.5. The van der Waals surface area contributed by atoms with E-state index in [4.69, 9.17) is 4.52 Å². The van der Waals surface area contributed by atoms with E-state index < -0.39 is 0 Å². The second-order valence-corrected chi connectivity index (χ2v) is 5.77. The first kappa shape index (κ1) is 14.0. The maximum atomic E-state index is 5.46. The number of likely N-dealkylation sites (N-methyl/N-ethyl adjacent to an activating group) is 1. The van der Waals surface area contributed by atoms with Crippen molar-refractivity contribution in [3.05, 3.63) is 11.7 Å². The number of fused-ring (bicyclic) bond motifs is 3. The lowest BCUT2D eigenvalue weighted by molar-refractivity contribution is 0.00781. The van der Waals surface area contributed by atoms with Crippen molar-refractivity contribution in [2.45, 2.75) is 38.8 Å². The molecular weight excluding hydrogens is 254 g/mol. The zero-order valence-electron chi connectivity index (χ0n) is 12.5. The first-order valence-corrected chi connectivity index (χ1v) is 7.82. The Hall–Kier alpha value is -0.980. The van der Waals surface area contributed by atoms with Crippen LogP contribution in [-0.4, -0.2) is 65.3 Å². The molecule has 1 N–H and O–H groups in total. The number of piperazine rings is 3. The molecule has 0 aromatic carbocycles. The third kappa shape index (κ3) is 2.87. The zero-order valence-corrected chi connectivity index (χ0v) is 12.5. The van der Waals surface area contributed by atoms with E-state index in [1.54, 1.807) is 0 Å². The molecule has 1 aromatic rings. The predicted octanol–water partition coefficient (Wildman–Crippen LogP) is 0.673. The van der Waals surface area contributed by atoms with Gasteiger partial charge in [0.1, 0.15) is 0 Å². The largest absolute Gasteiger partial charge is 0.339 e. The van der Waals surface area contributed by atoms with Gasteiger partial charge < -0.3 is 9.84 Å². The quantitative estimate of drug-likeness (QED) is 0.826. The van der Waals surface area contributed by atoms with Crippen molar-refractivity contribution in [2.75, 3.05) is 39.3 Å². The van der Waals surface area contributed by atoms with Crippen molar-refractivity contribution in [3.8, 4) is 0 Å². The van der Waals surface area contributed by atoms with Gasteiger partial charge in [-0.15, -0.1) is 0 Å². The molecule has 6 nitrogen and oxygen atoms in total. The van der Waals surface area contributed by atoms with Gasteiger partial charge in [-0.2, -0.15) is 4.98 Å². The average Bonchev–Trinajstić information content (AvgIpc) is 2.96. The Morgan fingerprint density at radius 1 is 1.30 bits per heavy atom. The number of nitrogens with one attached hydrogen (secondary N) is 1. The van der Waals surface area contributed by atoms with Crippen LogP contribution in [0.3, 0.4) is 0 Å². The Morgan fingerprint density at radius 2 is 2.10 bits per heavy atom. The van der Waals surface area contributed by atoms with Crippen molar-refractivity contribution in [1.29, 1.82) is 0 Å². The monoisotopic (exact) mass is 279 g/mol. The lowest BCUT2D eigenvalue weighted by Gasteiger charge is -2.46. The van der Waals surface area contributed by atoms with E-state index >= 15 is 0 Å². The summed E-state index contributed by atoms with van der Waals surface area (Å²) in [6.07, 6.45) is 1.91. The Balaban J connectivity index is 1.64. The van der Waals surface area contributed by atoms with Crippen LogP contribution in [0, 0.1) is 0 Å². The molecule has 0 radical (unpaired) electrons. The number of hydrogen-bond acceptors (Lipinski definition) is 6. The van der Waals surface area contributed by atoms with E-state index in [0.29, 0.717) is 12.1 Å². The Labute approximate surface area is 120 Å². The SMILES string of the molecule is CCNC(CC)Cc1nc(C2CN3CCN2CC3)no1. The molecule has 2 atom stereocenters. The summed E-state index contributed by atoms with van der Waals surface area (Å²) >= 11 is 0. The van der Waals surface area contributed by atoms with Crippen LogP contribution < -0.4 is 5.32 Å². The molecule has 0 spiro atoms. The fourth-order valence-corrected chi connectivity index (χ4v) is 3.21. The summed E-state index contributed by atoms with van der Waals surface area (Å²) in [5.41, 5.74) is 0. The minimum Gasteiger partial charge on any atom is -0.339 e. The molecular formula is C14H25N5O. The summed E-state index contributed by atoms with van der Waals surface area (Å²) in [7, 11) is 0. The summed E-state index contributed by atoms with van der Waals surface area (Å²) in [5, 5.41) is 7.67. The Kier molecular flexibility index (Phi) is 4.33. The van der Waals surface area contributed by atoms with E-state index in [-0.39, 0.29) is 0 Å². The highest BCUT2D eigenvalue weighted by molar-refractivity contribution is 5.02. The van der Waals surface area contributed by atoms with Crippen molar-refractivity contribution in [1.82, 2.24) is 25.3 Å². The first-order valence-electron chi connectivity index (χ1n) is 7.82. The fourth-order valence-electron chi connectivity index (χ4n) is 3.21. The van der Waals surface area contributed by atoms with Gasteiger partial charge in [0, 0.05) is 45.2 Å². The number of nitrogens with zero attached hydrogens (tertiary/aromatic N) is 4. The minimum absolute atomic E-state index is 0.328. The molecule has 4 rings (SSSR count). The number of rotatable bonds is 6. The summed E-state index contributed by atoms with van der Waals surface area (Å²) in [6.45, 7) is 11.0. The minimum atomic E-state index is 0.328. The maximum Gasteiger partial charge on any atom is 0.228 e. The average molecular weight is 279 g/mol. The van der Waals surface area contributed by atoms with Crippen LogP contribution in [0.2, 0.25) is 0 Å². The van der Waals surface area contributed by atoms with E-state index in [1.165, 1.54) is 13.1 Å². The first-order chi connectivity index (χ1) is 9.80. The number of aromatic nitrogens is 2. The lowest BCUT2D eigenvalue weighted by atomic mass is 10.1. The van der Waals surface area contributed by atoms with E-state index in [2.05, 4.69) is 39.1 Å². The standard InChI is InChI=1S/C14H25N5O/c1-3-11(15-4-2)9-13-16-14(17-20-13)12-10-18-5-7-19(12)8-6-18/h11-12,15H,3-10H2,1-2H3. The van der Waals surface area contributed by atoms with Crippen LogP contribution in [0.4, 0.5) is 0 Å². The fraction of sp³-hybridized carbons (Fsp3) is 0.857. The normalized spacial score (nSPS) is 30.6. The van der Waals surface area contributed by atoms with Gasteiger partial charge in [-0.25, -0.2) is 0 Å². The summed E-state index contributed by atoms with van der Waals surface area (Å²) < 4.78 is 5.46. The molecule has 3 fully saturated rings. The van der Waals surface area contributed by atoms with Gasteiger partial charge in [-0.1, -0.05) is 19.0 Å². The van der Waals surface area contributed by atoms with Crippen molar-refractivity contribution in [3.63, 3.8) is 0 Å². The van der Waals surface area contributed by atoms with Gasteiger partial charge in [0.05, 0.1) is 6.04 Å².